The number of hydrogen-bond acceptors (Lipinski definition) is 4. The second-order valence-electron chi connectivity index (χ2n) is 7.24. The summed E-state index contributed by atoms with van der Waals surface area (Å²) < 4.78 is 13.3. The summed E-state index contributed by atoms with van der Waals surface area (Å²) >= 11 is 0. The van der Waals surface area contributed by atoms with Gasteiger partial charge in [0, 0.05) is 38.3 Å². The number of carbonyl (C=O) groups is 1. The van der Waals surface area contributed by atoms with Crippen LogP contribution in [-0.4, -0.2) is 46.9 Å². The van der Waals surface area contributed by atoms with Gasteiger partial charge in [-0.15, -0.1) is 0 Å². The third-order valence-corrected chi connectivity index (χ3v) is 5.42. The molecule has 1 aromatic heterocycles. The van der Waals surface area contributed by atoms with E-state index in [-0.39, 0.29) is 17.4 Å². The fourth-order valence-electron chi connectivity index (χ4n) is 3.70. The summed E-state index contributed by atoms with van der Waals surface area (Å²) in [5.74, 6) is 1.81. The number of likely N-dealkylation sites (tertiary alicyclic amines) is 1. The van der Waals surface area contributed by atoms with Gasteiger partial charge in [-0.3, -0.25) is 9.48 Å². The highest BCUT2D eigenvalue weighted by Gasteiger charge is 2.52. The number of nitrogens with zero attached hydrogens (tertiary/aromatic N) is 3. The molecule has 138 valence electrons. The van der Waals surface area contributed by atoms with Gasteiger partial charge >= 0.3 is 0 Å². The highest BCUT2D eigenvalue weighted by molar-refractivity contribution is 5.85. The van der Waals surface area contributed by atoms with Crippen LogP contribution in [0.2, 0.25) is 0 Å². The van der Waals surface area contributed by atoms with Crippen LogP contribution in [0.1, 0.15) is 25.7 Å². The molecule has 2 fully saturated rings. The molecule has 4 rings (SSSR count). The number of rotatable bonds is 6. The zero-order valence-corrected chi connectivity index (χ0v) is 15.1. The minimum Gasteiger partial charge on any atom is -0.493 e. The van der Waals surface area contributed by atoms with Crippen molar-refractivity contribution in [3.63, 3.8) is 0 Å². The van der Waals surface area contributed by atoms with Crippen LogP contribution in [0.3, 0.4) is 0 Å². The fraction of sp³-hybridized carbons (Fsp3) is 0.500. The Balaban J connectivity index is 1.33. The molecule has 2 heterocycles. The molecule has 1 aliphatic carbocycles. The monoisotopic (exact) mass is 355 g/mol. The number of piperidine rings is 1. The average Bonchev–Trinajstić information content (AvgIpc) is 3.27. The molecular weight excluding hydrogens is 330 g/mol. The van der Waals surface area contributed by atoms with Crippen LogP contribution in [0.25, 0.3) is 0 Å². The van der Waals surface area contributed by atoms with E-state index in [1.807, 2.05) is 46.1 Å². The largest absolute Gasteiger partial charge is 0.493 e. The minimum atomic E-state index is -0.234. The number of amides is 1. The van der Waals surface area contributed by atoms with Crippen molar-refractivity contribution in [2.24, 2.45) is 5.41 Å². The lowest BCUT2D eigenvalue weighted by Crippen LogP contribution is -2.46. The predicted octanol–water partition coefficient (Wildman–Crippen LogP) is 2.74. The van der Waals surface area contributed by atoms with E-state index in [0.717, 1.165) is 50.3 Å². The summed E-state index contributed by atoms with van der Waals surface area (Å²) in [6.45, 7) is 2.19. The van der Waals surface area contributed by atoms with Gasteiger partial charge in [0.2, 0.25) is 5.91 Å². The molecule has 2 aromatic rings. The molecule has 0 radical (unpaired) electrons. The van der Waals surface area contributed by atoms with E-state index in [9.17, 15) is 4.79 Å². The van der Waals surface area contributed by atoms with E-state index >= 15 is 0 Å². The van der Waals surface area contributed by atoms with Crippen molar-refractivity contribution >= 4 is 5.91 Å². The molecule has 0 atom stereocenters. The standard InChI is InChI=1S/C20H25N3O3/c1-25-17-5-2-3-6-18(17)26-16-7-13-22(14-8-16)19(24)20(9-10-20)15-23-12-4-11-21-23/h2-6,11-12,16H,7-10,13-15H2,1H3. The summed E-state index contributed by atoms with van der Waals surface area (Å²) in [6.07, 6.45) is 7.44. The Morgan fingerprint density at radius 1 is 1.19 bits per heavy atom. The molecule has 1 saturated carbocycles. The van der Waals surface area contributed by atoms with Crippen LogP contribution < -0.4 is 9.47 Å². The van der Waals surface area contributed by atoms with Crippen molar-refractivity contribution < 1.29 is 14.3 Å². The summed E-state index contributed by atoms with van der Waals surface area (Å²) in [5, 5.41) is 4.26. The maximum atomic E-state index is 13.0. The number of hydrogen-bond donors (Lipinski definition) is 0. The van der Waals surface area contributed by atoms with Crippen LogP contribution in [0.4, 0.5) is 0 Å². The quantitative estimate of drug-likeness (QED) is 0.799. The summed E-state index contributed by atoms with van der Waals surface area (Å²) in [6, 6.07) is 9.62. The normalized spacial score (nSPS) is 19.2. The van der Waals surface area contributed by atoms with Crippen molar-refractivity contribution in [1.29, 1.82) is 0 Å². The summed E-state index contributed by atoms with van der Waals surface area (Å²) in [7, 11) is 1.65. The van der Waals surface area contributed by atoms with Crippen molar-refractivity contribution in [3.8, 4) is 11.5 Å². The molecule has 0 N–H and O–H groups in total. The Morgan fingerprint density at radius 3 is 2.54 bits per heavy atom. The van der Waals surface area contributed by atoms with E-state index < -0.39 is 0 Å². The Labute approximate surface area is 153 Å². The number of aromatic nitrogens is 2. The summed E-state index contributed by atoms with van der Waals surface area (Å²) in [5.41, 5.74) is -0.234. The van der Waals surface area contributed by atoms with Crippen molar-refractivity contribution in [1.82, 2.24) is 14.7 Å². The first-order valence-electron chi connectivity index (χ1n) is 9.27. The molecule has 1 amide bonds. The van der Waals surface area contributed by atoms with Gasteiger partial charge in [0.05, 0.1) is 19.1 Å². The highest BCUT2D eigenvalue weighted by atomic mass is 16.5. The zero-order chi connectivity index (χ0) is 18.0. The topological polar surface area (TPSA) is 56.6 Å². The van der Waals surface area contributed by atoms with Crippen molar-refractivity contribution in [3.05, 3.63) is 42.7 Å². The Bertz CT molecular complexity index is 747. The number of carbonyl (C=O) groups excluding carboxylic acids is 1. The maximum absolute atomic E-state index is 13.0. The van der Waals surface area contributed by atoms with E-state index in [1.54, 1.807) is 13.3 Å². The van der Waals surface area contributed by atoms with Crippen molar-refractivity contribution in [2.75, 3.05) is 20.2 Å². The summed E-state index contributed by atoms with van der Waals surface area (Å²) in [4.78, 5) is 15.0. The maximum Gasteiger partial charge on any atom is 0.230 e. The van der Waals surface area contributed by atoms with Gasteiger partial charge in [-0.05, 0) is 31.0 Å². The van der Waals surface area contributed by atoms with Gasteiger partial charge in [-0.2, -0.15) is 5.10 Å². The number of para-hydroxylation sites is 2. The second-order valence-corrected chi connectivity index (χ2v) is 7.24. The number of ether oxygens (including phenoxy) is 2. The van der Waals surface area contributed by atoms with Crippen LogP contribution in [0, 0.1) is 5.41 Å². The lowest BCUT2D eigenvalue weighted by molar-refractivity contribution is -0.139. The van der Waals surface area contributed by atoms with E-state index in [1.165, 1.54) is 0 Å². The molecule has 1 saturated heterocycles. The molecule has 0 bridgehead atoms. The Hall–Kier alpha value is -2.50. The Morgan fingerprint density at radius 2 is 1.92 bits per heavy atom. The third kappa shape index (κ3) is 3.41. The average molecular weight is 355 g/mol. The first-order valence-corrected chi connectivity index (χ1v) is 9.27. The molecule has 0 spiro atoms. The molecule has 6 heteroatoms. The van der Waals surface area contributed by atoms with E-state index in [2.05, 4.69) is 5.10 Å². The third-order valence-electron chi connectivity index (χ3n) is 5.42. The van der Waals surface area contributed by atoms with Crippen LogP contribution >= 0.6 is 0 Å². The van der Waals surface area contributed by atoms with Crippen LogP contribution in [0.15, 0.2) is 42.7 Å². The van der Waals surface area contributed by atoms with Gasteiger partial charge in [-0.1, -0.05) is 12.1 Å². The zero-order valence-electron chi connectivity index (χ0n) is 15.1. The van der Waals surface area contributed by atoms with Gasteiger partial charge in [-0.25, -0.2) is 0 Å². The van der Waals surface area contributed by atoms with Gasteiger partial charge in [0.15, 0.2) is 11.5 Å². The molecular formula is C20H25N3O3. The smallest absolute Gasteiger partial charge is 0.230 e. The van der Waals surface area contributed by atoms with Gasteiger partial charge in [0.1, 0.15) is 6.10 Å². The molecule has 1 aliphatic heterocycles. The predicted molar refractivity (Wildman–Crippen MR) is 97.1 cm³/mol. The second kappa shape index (κ2) is 7.02. The van der Waals surface area contributed by atoms with E-state index in [4.69, 9.17) is 9.47 Å². The molecule has 1 aromatic carbocycles. The number of benzene rings is 1. The first kappa shape index (κ1) is 16.9. The lowest BCUT2D eigenvalue weighted by atomic mass is 10.0. The minimum absolute atomic E-state index is 0.122. The molecule has 26 heavy (non-hydrogen) atoms. The highest BCUT2D eigenvalue weighted by Crippen LogP contribution is 2.49. The van der Waals surface area contributed by atoms with Crippen LogP contribution in [0.5, 0.6) is 11.5 Å². The first-order chi connectivity index (χ1) is 12.7. The molecule has 6 nitrogen and oxygen atoms in total. The molecule has 2 aliphatic rings. The number of methoxy groups -OCH3 is 1. The van der Waals surface area contributed by atoms with Gasteiger partial charge < -0.3 is 14.4 Å². The lowest BCUT2D eigenvalue weighted by Gasteiger charge is -2.34. The molecule has 0 unspecified atom stereocenters. The van der Waals surface area contributed by atoms with Crippen molar-refractivity contribution in [2.45, 2.75) is 38.3 Å². The van der Waals surface area contributed by atoms with E-state index in [0.29, 0.717) is 6.54 Å². The SMILES string of the molecule is COc1ccccc1OC1CCN(C(=O)C2(Cn3cccn3)CC2)CC1. The van der Waals surface area contributed by atoms with Gasteiger partial charge in [0.25, 0.3) is 0 Å². The fourth-order valence-corrected chi connectivity index (χ4v) is 3.70. The Kier molecular flexibility index (Phi) is 4.57. The van der Waals surface area contributed by atoms with Crippen LogP contribution in [-0.2, 0) is 11.3 Å².